The van der Waals surface area contributed by atoms with Crippen molar-refractivity contribution in [2.24, 2.45) is 0 Å². The lowest BCUT2D eigenvalue weighted by Gasteiger charge is -2.21. The van der Waals surface area contributed by atoms with E-state index in [0.717, 1.165) is 10.5 Å². The van der Waals surface area contributed by atoms with Crippen molar-refractivity contribution < 1.29 is 27.6 Å². The summed E-state index contributed by atoms with van der Waals surface area (Å²) in [5.74, 6) is -0.711. The van der Waals surface area contributed by atoms with Crippen LogP contribution in [-0.4, -0.2) is 25.6 Å². The minimum absolute atomic E-state index is 0.0850. The van der Waals surface area contributed by atoms with E-state index in [-0.39, 0.29) is 17.3 Å². The number of likely N-dealkylation sites (N-methyl/N-ethyl adjacent to an activating group) is 1. The summed E-state index contributed by atoms with van der Waals surface area (Å²) in [6.45, 7) is -0.623. The molecule has 0 fully saturated rings. The van der Waals surface area contributed by atoms with Crippen molar-refractivity contribution in [1.29, 1.82) is 0 Å². The molecule has 1 amide bonds. The highest BCUT2D eigenvalue weighted by molar-refractivity contribution is 5.93. The molecule has 0 heterocycles. The molecule has 0 saturated carbocycles. The fourth-order valence-corrected chi connectivity index (χ4v) is 2.29. The van der Waals surface area contributed by atoms with Gasteiger partial charge in [-0.05, 0) is 43.3 Å². The second-order valence-corrected chi connectivity index (χ2v) is 5.74. The maximum absolute atomic E-state index is 13.6. The fraction of sp³-hybridized carbons (Fsp3) is 0.278. The number of carbonyl (C=O) groups excluding carboxylic acids is 1. The summed E-state index contributed by atoms with van der Waals surface area (Å²) in [4.78, 5) is 13.1. The summed E-state index contributed by atoms with van der Waals surface area (Å²) in [6, 6.07) is 11.8. The molecule has 0 aliphatic carbocycles. The summed E-state index contributed by atoms with van der Waals surface area (Å²) in [6.07, 6.45) is 0. The normalized spacial score (nSPS) is 13.4. The lowest BCUT2D eigenvalue weighted by molar-refractivity contribution is -0.907. The number of benzene rings is 2. The minimum atomic E-state index is -2.86. The van der Waals surface area contributed by atoms with Crippen molar-refractivity contribution in [3.8, 4) is 5.75 Å². The minimum Gasteiger partial charge on any atom is -0.435 e. The predicted molar refractivity (Wildman–Crippen MR) is 88.2 cm³/mol. The molecule has 1 unspecified atom stereocenters. The van der Waals surface area contributed by atoms with Gasteiger partial charge in [0.15, 0.2) is 6.04 Å². The van der Waals surface area contributed by atoms with Gasteiger partial charge < -0.3 is 15.0 Å². The van der Waals surface area contributed by atoms with Gasteiger partial charge in [0.2, 0.25) is 0 Å². The number of hydrogen-bond donors (Lipinski definition) is 2. The van der Waals surface area contributed by atoms with Gasteiger partial charge in [-0.1, -0.05) is 12.1 Å². The van der Waals surface area contributed by atoms with Gasteiger partial charge in [-0.25, -0.2) is 4.39 Å². The van der Waals surface area contributed by atoms with E-state index < -0.39 is 18.5 Å². The van der Waals surface area contributed by atoms with E-state index >= 15 is 0 Å². The average molecular weight is 353 g/mol. The van der Waals surface area contributed by atoms with Crippen LogP contribution < -0.4 is 15.0 Å². The quantitative estimate of drug-likeness (QED) is 0.803. The first-order valence-electron chi connectivity index (χ1n) is 7.78. The van der Waals surface area contributed by atoms with Crippen LogP contribution in [0.1, 0.15) is 12.5 Å². The molecule has 25 heavy (non-hydrogen) atoms. The number of rotatable bonds is 7. The average Bonchev–Trinajstić information content (AvgIpc) is 2.57. The van der Waals surface area contributed by atoms with Gasteiger partial charge in [0, 0.05) is 5.56 Å². The molecule has 0 spiro atoms. The largest absolute Gasteiger partial charge is 0.435 e. The molecular formula is C18H20F3N2O2+. The monoisotopic (exact) mass is 353 g/mol. The zero-order valence-corrected chi connectivity index (χ0v) is 13.9. The van der Waals surface area contributed by atoms with Crippen LogP contribution in [0, 0.1) is 5.82 Å². The number of anilines is 1. The number of ether oxygens (including phenoxy) is 1. The lowest BCUT2D eigenvalue weighted by Crippen LogP contribution is -3.12. The van der Waals surface area contributed by atoms with E-state index in [1.165, 1.54) is 24.3 Å². The molecule has 2 rings (SSSR count). The van der Waals surface area contributed by atoms with E-state index in [1.54, 1.807) is 31.2 Å². The third-order valence-electron chi connectivity index (χ3n) is 3.90. The third kappa shape index (κ3) is 5.49. The molecule has 2 N–H and O–H groups in total. The molecule has 4 nitrogen and oxygen atoms in total. The Labute approximate surface area is 144 Å². The van der Waals surface area contributed by atoms with Crippen LogP contribution in [0.4, 0.5) is 18.9 Å². The van der Waals surface area contributed by atoms with Gasteiger partial charge in [0.05, 0.1) is 12.7 Å². The highest BCUT2D eigenvalue weighted by Gasteiger charge is 2.22. The van der Waals surface area contributed by atoms with Crippen molar-refractivity contribution >= 4 is 11.6 Å². The molecule has 0 aliphatic heterocycles. The predicted octanol–water partition coefficient (Wildman–Crippen LogP) is 2.47. The molecule has 0 aromatic heterocycles. The zero-order chi connectivity index (χ0) is 18.4. The number of hydrogen-bond acceptors (Lipinski definition) is 2. The Bertz CT molecular complexity index is 708. The Morgan fingerprint density at radius 1 is 1.16 bits per heavy atom. The van der Waals surface area contributed by atoms with Gasteiger partial charge in [-0.15, -0.1) is 0 Å². The number of para-hydroxylation sites is 1. The lowest BCUT2D eigenvalue weighted by atomic mass is 10.1. The summed E-state index contributed by atoms with van der Waals surface area (Å²) in [5.41, 5.74) is 1.00. The summed E-state index contributed by atoms with van der Waals surface area (Å²) in [5, 5.41) is 2.57. The van der Waals surface area contributed by atoms with E-state index in [9.17, 15) is 18.0 Å². The molecule has 2 atom stereocenters. The first kappa shape index (κ1) is 18.8. The number of halogens is 3. The van der Waals surface area contributed by atoms with E-state index in [4.69, 9.17) is 0 Å². The van der Waals surface area contributed by atoms with E-state index in [1.807, 2.05) is 7.05 Å². The van der Waals surface area contributed by atoms with Crippen LogP contribution >= 0.6 is 0 Å². The fourth-order valence-electron chi connectivity index (χ4n) is 2.29. The second kappa shape index (κ2) is 8.53. The Morgan fingerprint density at radius 2 is 1.80 bits per heavy atom. The maximum Gasteiger partial charge on any atom is 0.387 e. The van der Waals surface area contributed by atoms with E-state index in [0.29, 0.717) is 6.54 Å². The Morgan fingerprint density at radius 3 is 2.40 bits per heavy atom. The van der Waals surface area contributed by atoms with Crippen LogP contribution in [0.2, 0.25) is 0 Å². The van der Waals surface area contributed by atoms with Crippen LogP contribution in [-0.2, 0) is 11.3 Å². The van der Waals surface area contributed by atoms with Gasteiger partial charge in [0.1, 0.15) is 18.1 Å². The van der Waals surface area contributed by atoms with Crippen molar-refractivity contribution in [2.75, 3.05) is 12.4 Å². The SMILES string of the molecule is C[C@@H](C(=O)Nc1ccccc1F)[NH+](C)Cc1ccc(OC(F)F)cc1. The standard InChI is InChI=1S/C18H19F3N2O2/c1-12(17(24)22-16-6-4-3-5-15(16)19)23(2)11-13-7-9-14(10-8-13)25-18(20)21/h3-10,12,18H,11H2,1-2H3,(H,22,24)/p+1/t12-/m0/s1. The van der Waals surface area contributed by atoms with Gasteiger partial charge in [0.25, 0.3) is 5.91 Å². The molecule has 0 saturated heterocycles. The van der Waals surface area contributed by atoms with Gasteiger partial charge >= 0.3 is 6.61 Å². The highest BCUT2D eigenvalue weighted by atomic mass is 19.3. The molecule has 7 heteroatoms. The first-order chi connectivity index (χ1) is 11.9. The smallest absolute Gasteiger partial charge is 0.387 e. The molecule has 2 aromatic rings. The second-order valence-electron chi connectivity index (χ2n) is 5.74. The van der Waals surface area contributed by atoms with Crippen molar-refractivity contribution in [3.63, 3.8) is 0 Å². The Hall–Kier alpha value is -2.54. The molecule has 0 radical (unpaired) electrons. The van der Waals surface area contributed by atoms with Crippen LogP contribution in [0.5, 0.6) is 5.75 Å². The molecule has 0 aliphatic rings. The van der Waals surface area contributed by atoms with E-state index in [2.05, 4.69) is 10.1 Å². The maximum atomic E-state index is 13.6. The zero-order valence-electron chi connectivity index (χ0n) is 13.9. The van der Waals surface area contributed by atoms with Crippen molar-refractivity contribution in [2.45, 2.75) is 26.1 Å². The third-order valence-corrected chi connectivity index (χ3v) is 3.90. The van der Waals surface area contributed by atoms with Gasteiger partial charge in [-0.3, -0.25) is 4.79 Å². The molecule has 2 aromatic carbocycles. The Kier molecular flexibility index (Phi) is 6.41. The molecule has 0 bridgehead atoms. The first-order valence-corrected chi connectivity index (χ1v) is 7.78. The van der Waals surface area contributed by atoms with Crippen molar-refractivity contribution in [3.05, 3.63) is 59.9 Å². The summed E-state index contributed by atoms with van der Waals surface area (Å²) in [7, 11) is 1.83. The van der Waals surface area contributed by atoms with Crippen LogP contribution in [0.15, 0.2) is 48.5 Å². The number of carbonyl (C=O) groups is 1. The summed E-state index contributed by atoms with van der Waals surface area (Å²) >= 11 is 0. The van der Waals surface area contributed by atoms with Gasteiger partial charge in [-0.2, -0.15) is 8.78 Å². The summed E-state index contributed by atoms with van der Waals surface area (Å²) < 4.78 is 42.2. The topological polar surface area (TPSA) is 42.8 Å². The molecule has 134 valence electrons. The number of nitrogens with one attached hydrogen (secondary N) is 2. The number of quaternary nitrogens is 1. The van der Waals surface area contributed by atoms with Crippen LogP contribution in [0.25, 0.3) is 0 Å². The molecular weight excluding hydrogens is 333 g/mol. The number of alkyl halides is 2. The van der Waals surface area contributed by atoms with Crippen molar-refractivity contribution in [1.82, 2.24) is 0 Å². The highest BCUT2D eigenvalue weighted by Crippen LogP contribution is 2.15. The number of amides is 1. The Balaban J connectivity index is 1.94. The van der Waals surface area contributed by atoms with Crippen LogP contribution in [0.3, 0.4) is 0 Å².